The number of amides is 2. The highest BCUT2D eigenvalue weighted by molar-refractivity contribution is 8.04. The fourth-order valence-electron chi connectivity index (χ4n) is 5.11. The summed E-state index contributed by atoms with van der Waals surface area (Å²) < 4.78 is 13.4. The van der Waals surface area contributed by atoms with E-state index in [4.69, 9.17) is 0 Å². The predicted octanol–water partition coefficient (Wildman–Crippen LogP) is 7.06. The van der Waals surface area contributed by atoms with Gasteiger partial charge in [-0.05, 0) is 71.9 Å². The average Bonchev–Trinajstić information content (AvgIpc) is 2.90. The zero-order valence-corrected chi connectivity index (χ0v) is 21.9. The summed E-state index contributed by atoms with van der Waals surface area (Å²) in [6.07, 6.45) is 5.26. The van der Waals surface area contributed by atoms with Gasteiger partial charge in [0.1, 0.15) is 5.82 Å². The van der Waals surface area contributed by atoms with Crippen LogP contribution in [0.3, 0.4) is 0 Å². The molecule has 3 unspecified atom stereocenters. The fourth-order valence-corrected chi connectivity index (χ4v) is 6.17. The first kappa shape index (κ1) is 25.3. The maximum Gasteiger partial charge on any atom is 0.265 e. The van der Waals surface area contributed by atoms with E-state index in [2.05, 4.69) is 19.2 Å². The fraction of sp³-hybridized carbons (Fsp3) is 0.290. The van der Waals surface area contributed by atoms with Gasteiger partial charge in [0.25, 0.3) is 11.8 Å². The Morgan fingerprint density at radius 1 is 1.03 bits per heavy atom. The van der Waals surface area contributed by atoms with Crippen LogP contribution in [0.2, 0.25) is 0 Å². The van der Waals surface area contributed by atoms with E-state index in [0.29, 0.717) is 28.8 Å². The van der Waals surface area contributed by atoms with Crippen molar-refractivity contribution >= 4 is 35.3 Å². The number of benzene rings is 3. The summed E-state index contributed by atoms with van der Waals surface area (Å²) in [5.74, 6) is 0.635. The van der Waals surface area contributed by atoms with Crippen LogP contribution in [0, 0.1) is 17.7 Å². The summed E-state index contributed by atoms with van der Waals surface area (Å²) in [5.41, 5.74) is 3.18. The molecule has 3 aromatic rings. The van der Waals surface area contributed by atoms with E-state index >= 15 is 0 Å². The number of carbonyl (C=O) groups excluding carboxylic acids is 2. The third kappa shape index (κ3) is 5.64. The minimum absolute atomic E-state index is 0.0485. The molecule has 1 aliphatic heterocycles. The van der Waals surface area contributed by atoms with E-state index < -0.39 is 0 Å². The van der Waals surface area contributed by atoms with Gasteiger partial charge in [-0.2, -0.15) is 0 Å². The van der Waals surface area contributed by atoms with Crippen molar-refractivity contribution < 1.29 is 14.0 Å². The van der Waals surface area contributed by atoms with Gasteiger partial charge in [0.05, 0.1) is 17.1 Å². The van der Waals surface area contributed by atoms with E-state index in [0.717, 1.165) is 34.6 Å². The van der Waals surface area contributed by atoms with Crippen molar-refractivity contribution in [3.63, 3.8) is 0 Å². The summed E-state index contributed by atoms with van der Waals surface area (Å²) >= 11 is 1.44. The van der Waals surface area contributed by atoms with Crippen LogP contribution in [0.1, 0.15) is 54.6 Å². The minimum Gasteiger partial charge on any atom is -0.349 e. The molecule has 1 fully saturated rings. The van der Waals surface area contributed by atoms with Crippen LogP contribution in [0.15, 0.2) is 82.6 Å². The molecule has 2 amide bonds. The normalized spacial score (nSPS) is 22.6. The Labute approximate surface area is 222 Å². The Balaban J connectivity index is 1.34. The molecule has 6 heteroatoms. The van der Waals surface area contributed by atoms with Crippen molar-refractivity contribution in [1.29, 1.82) is 0 Å². The molecule has 1 N–H and O–H groups in total. The van der Waals surface area contributed by atoms with Crippen LogP contribution in [0.25, 0.3) is 6.08 Å². The molecule has 0 saturated heterocycles. The van der Waals surface area contributed by atoms with E-state index in [9.17, 15) is 14.0 Å². The maximum atomic E-state index is 13.5. The third-order valence-corrected chi connectivity index (χ3v) is 8.66. The molecule has 37 heavy (non-hydrogen) atoms. The van der Waals surface area contributed by atoms with E-state index in [-0.39, 0.29) is 23.7 Å². The Kier molecular flexibility index (Phi) is 7.47. The van der Waals surface area contributed by atoms with Gasteiger partial charge in [-0.1, -0.05) is 74.8 Å². The zero-order valence-electron chi connectivity index (χ0n) is 21.1. The zero-order chi connectivity index (χ0) is 25.9. The molecule has 0 radical (unpaired) electrons. The van der Waals surface area contributed by atoms with Crippen molar-refractivity contribution in [2.24, 2.45) is 11.8 Å². The number of nitrogens with zero attached hydrogens (tertiary/aromatic N) is 1. The Bertz CT molecular complexity index is 1320. The van der Waals surface area contributed by atoms with E-state index in [1.54, 1.807) is 17.0 Å². The van der Waals surface area contributed by atoms with Gasteiger partial charge in [-0.25, -0.2) is 4.39 Å². The van der Waals surface area contributed by atoms with Crippen LogP contribution in [0.5, 0.6) is 0 Å². The lowest BCUT2D eigenvalue weighted by Gasteiger charge is -2.34. The molecule has 2 aliphatic rings. The molecule has 1 aliphatic carbocycles. The third-order valence-electron chi connectivity index (χ3n) is 7.58. The Hall–Kier alpha value is -3.38. The van der Waals surface area contributed by atoms with Crippen molar-refractivity contribution in [3.05, 3.63) is 100 Å². The van der Waals surface area contributed by atoms with Gasteiger partial charge in [-0.15, -0.1) is 0 Å². The topological polar surface area (TPSA) is 49.4 Å². The smallest absolute Gasteiger partial charge is 0.265 e. The number of halogens is 1. The summed E-state index contributed by atoms with van der Waals surface area (Å²) in [7, 11) is 0. The summed E-state index contributed by atoms with van der Waals surface area (Å²) in [6.45, 7) is 4.83. The van der Waals surface area contributed by atoms with E-state index in [1.807, 2.05) is 54.6 Å². The van der Waals surface area contributed by atoms with Crippen molar-refractivity contribution in [2.75, 3.05) is 4.90 Å². The number of carbonyl (C=O) groups is 2. The molecule has 190 valence electrons. The lowest BCUT2D eigenvalue weighted by molar-refractivity contribution is -0.114. The second-order valence-electron chi connectivity index (χ2n) is 10.1. The van der Waals surface area contributed by atoms with Crippen molar-refractivity contribution in [3.8, 4) is 0 Å². The minimum atomic E-state index is -0.301. The van der Waals surface area contributed by atoms with Crippen LogP contribution < -0.4 is 10.2 Å². The molecule has 4 nitrogen and oxygen atoms in total. The molecule has 0 spiro atoms. The predicted molar refractivity (Wildman–Crippen MR) is 148 cm³/mol. The summed E-state index contributed by atoms with van der Waals surface area (Å²) in [5, 5.41) is 3.22. The lowest BCUT2D eigenvalue weighted by atomic mass is 9.78. The molecule has 0 bridgehead atoms. The number of fused-ring (bicyclic) bond motifs is 1. The molecule has 3 atom stereocenters. The molecular weight excluding hydrogens is 483 g/mol. The molecule has 1 heterocycles. The molecular formula is C31H31FN2O2S. The monoisotopic (exact) mass is 514 g/mol. The van der Waals surface area contributed by atoms with Crippen LogP contribution >= 0.6 is 11.8 Å². The van der Waals surface area contributed by atoms with Gasteiger partial charge >= 0.3 is 0 Å². The quantitative estimate of drug-likeness (QED) is 0.371. The number of rotatable bonds is 5. The Morgan fingerprint density at radius 3 is 2.51 bits per heavy atom. The molecule has 3 aromatic carbocycles. The SMILES string of the molecule is CC1CCCC(NC(=O)c2ccc(/C=C3\Sc4ccccc4N(Cc4ccc(F)cc4)C3=O)cc2)C1C. The average molecular weight is 515 g/mol. The largest absolute Gasteiger partial charge is 0.349 e. The van der Waals surface area contributed by atoms with Crippen LogP contribution in [-0.4, -0.2) is 17.9 Å². The lowest BCUT2D eigenvalue weighted by Crippen LogP contribution is -2.43. The standard InChI is InChI=1S/C31H31FN2O2S/c1-20-6-5-7-26(21(20)2)33-30(35)24-14-10-22(11-15-24)18-29-31(36)34(19-23-12-16-25(32)17-13-23)27-8-3-4-9-28(27)37-29/h3-4,8-18,20-21,26H,5-7,19H2,1-2H3,(H,33,35)/b29-18-. The second-order valence-corrected chi connectivity index (χ2v) is 11.1. The van der Waals surface area contributed by atoms with Crippen LogP contribution in [-0.2, 0) is 11.3 Å². The highest BCUT2D eigenvalue weighted by Crippen LogP contribution is 2.42. The molecule has 1 saturated carbocycles. The maximum absolute atomic E-state index is 13.5. The van der Waals surface area contributed by atoms with Gasteiger partial charge in [0, 0.05) is 16.5 Å². The van der Waals surface area contributed by atoms with Crippen molar-refractivity contribution in [2.45, 2.75) is 50.6 Å². The molecule has 5 rings (SSSR count). The Morgan fingerprint density at radius 2 is 1.76 bits per heavy atom. The first-order valence-corrected chi connectivity index (χ1v) is 13.7. The first-order valence-electron chi connectivity index (χ1n) is 12.8. The van der Waals surface area contributed by atoms with E-state index in [1.165, 1.54) is 30.3 Å². The number of nitrogens with one attached hydrogen (secondary N) is 1. The number of hydrogen-bond acceptors (Lipinski definition) is 3. The summed E-state index contributed by atoms with van der Waals surface area (Å²) in [6, 6.07) is 21.6. The summed E-state index contributed by atoms with van der Waals surface area (Å²) in [4.78, 5) is 29.7. The van der Waals surface area contributed by atoms with Crippen LogP contribution in [0.4, 0.5) is 10.1 Å². The van der Waals surface area contributed by atoms with Gasteiger partial charge in [0.2, 0.25) is 0 Å². The first-order chi connectivity index (χ1) is 17.9. The number of anilines is 1. The van der Waals surface area contributed by atoms with Crippen molar-refractivity contribution in [1.82, 2.24) is 5.32 Å². The van der Waals surface area contributed by atoms with Gasteiger partial charge < -0.3 is 10.2 Å². The number of para-hydroxylation sites is 1. The highest BCUT2D eigenvalue weighted by Gasteiger charge is 2.30. The number of thioether (sulfide) groups is 1. The molecule has 0 aromatic heterocycles. The number of hydrogen-bond donors (Lipinski definition) is 1. The van der Waals surface area contributed by atoms with Gasteiger partial charge in [-0.3, -0.25) is 9.59 Å². The second kappa shape index (κ2) is 10.9. The van der Waals surface area contributed by atoms with Gasteiger partial charge in [0.15, 0.2) is 0 Å². The highest BCUT2D eigenvalue weighted by atomic mass is 32.2.